The molecule has 5 N–H and O–H groups in total. The minimum Gasteiger partial charge on any atom is -0.377 e. The largest absolute Gasteiger partial charge is 0.377 e. The van der Waals surface area contributed by atoms with Crippen LogP contribution >= 0.6 is 0 Å². The number of aromatic nitrogens is 1. The SMILES string of the molecule is NCC(Nc1ccnc(C(N)=O)c1)c1ccccc1. The number of pyridine rings is 1. The number of benzene rings is 1. The molecule has 0 saturated heterocycles. The molecule has 0 aliphatic heterocycles. The van der Waals surface area contributed by atoms with Gasteiger partial charge >= 0.3 is 0 Å². The van der Waals surface area contributed by atoms with Crippen LogP contribution in [-0.2, 0) is 0 Å². The summed E-state index contributed by atoms with van der Waals surface area (Å²) in [6.45, 7) is 0.443. The van der Waals surface area contributed by atoms with E-state index in [1.807, 2.05) is 30.3 Å². The van der Waals surface area contributed by atoms with Gasteiger partial charge in [-0.3, -0.25) is 9.78 Å². The number of nitrogens with two attached hydrogens (primary N) is 2. The van der Waals surface area contributed by atoms with Crippen molar-refractivity contribution in [3.63, 3.8) is 0 Å². The number of nitrogens with one attached hydrogen (secondary N) is 1. The minimum atomic E-state index is -0.548. The molecule has 2 rings (SSSR count). The number of carbonyl (C=O) groups is 1. The Hall–Kier alpha value is -2.40. The monoisotopic (exact) mass is 256 g/mol. The number of hydrogen-bond acceptors (Lipinski definition) is 4. The maximum Gasteiger partial charge on any atom is 0.267 e. The van der Waals surface area contributed by atoms with Crippen LogP contribution in [0.1, 0.15) is 22.1 Å². The Kier molecular flexibility index (Phi) is 4.10. The highest BCUT2D eigenvalue weighted by Crippen LogP contribution is 2.18. The van der Waals surface area contributed by atoms with Crippen molar-refractivity contribution < 1.29 is 4.79 Å². The number of primary amides is 1. The fraction of sp³-hybridized carbons (Fsp3) is 0.143. The highest BCUT2D eigenvalue weighted by Gasteiger charge is 2.10. The zero-order valence-electron chi connectivity index (χ0n) is 10.4. The summed E-state index contributed by atoms with van der Waals surface area (Å²) >= 11 is 0. The maximum atomic E-state index is 11.1. The van der Waals surface area contributed by atoms with E-state index in [1.165, 1.54) is 0 Å². The molecule has 1 heterocycles. The molecule has 0 bridgehead atoms. The molecule has 98 valence electrons. The molecular weight excluding hydrogens is 240 g/mol. The third-order valence-electron chi connectivity index (χ3n) is 2.79. The van der Waals surface area contributed by atoms with E-state index in [4.69, 9.17) is 11.5 Å². The van der Waals surface area contributed by atoms with Crippen LogP contribution in [0.15, 0.2) is 48.7 Å². The first-order valence-electron chi connectivity index (χ1n) is 5.98. The zero-order valence-corrected chi connectivity index (χ0v) is 10.4. The van der Waals surface area contributed by atoms with Crippen molar-refractivity contribution in [2.45, 2.75) is 6.04 Å². The predicted molar refractivity (Wildman–Crippen MR) is 74.6 cm³/mol. The van der Waals surface area contributed by atoms with Crippen molar-refractivity contribution >= 4 is 11.6 Å². The third-order valence-corrected chi connectivity index (χ3v) is 2.79. The van der Waals surface area contributed by atoms with Gasteiger partial charge in [0.2, 0.25) is 0 Å². The Morgan fingerprint density at radius 3 is 2.63 bits per heavy atom. The van der Waals surface area contributed by atoms with E-state index in [2.05, 4.69) is 10.3 Å². The van der Waals surface area contributed by atoms with Crippen LogP contribution in [0.2, 0.25) is 0 Å². The predicted octanol–water partition coefficient (Wildman–Crippen LogP) is 1.29. The second kappa shape index (κ2) is 5.97. The van der Waals surface area contributed by atoms with Gasteiger partial charge in [-0.15, -0.1) is 0 Å². The van der Waals surface area contributed by atoms with Gasteiger partial charge in [-0.1, -0.05) is 30.3 Å². The van der Waals surface area contributed by atoms with Crippen LogP contribution in [0.5, 0.6) is 0 Å². The number of rotatable bonds is 5. The molecule has 5 heteroatoms. The zero-order chi connectivity index (χ0) is 13.7. The normalized spacial score (nSPS) is 11.8. The molecule has 0 radical (unpaired) electrons. The summed E-state index contributed by atoms with van der Waals surface area (Å²) < 4.78 is 0. The lowest BCUT2D eigenvalue weighted by atomic mass is 10.1. The molecule has 0 aliphatic carbocycles. The van der Waals surface area contributed by atoms with Crippen molar-refractivity contribution in [2.75, 3.05) is 11.9 Å². The highest BCUT2D eigenvalue weighted by molar-refractivity contribution is 5.91. The molecule has 5 nitrogen and oxygen atoms in total. The summed E-state index contributed by atoms with van der Waals surface area (Å²) in [6, 6.07) is 13.2. The van der Waals surface area contributed by atoms with Crippen molar-refractivity contribution in [1.29, 1.82) is 0 Å². The lowest BCUT2D eigenvalue weighted by Crippen LogP contribution is -2.21. The molecular formula is C14H16N4O. The molecule has 1 amide bonds. The minimum absolute atomic E-state index is 0.0238. The summed E-state index contributed by atoms with van der Waals surface area (Å²) in [7, 11) is 0. The van der Waals surface area contributed by atoms with Gasteiger partial charge < -0.3 is 16.8 Å². The maximum absolute atomic E-state index is 11.1. The van der Waals surface area contributed by atoms with E-state index >= 15 is 0 Å². The van der Waals surface area contributed by atoms with Crippen LogP contribution in [0, 0.1) is 0 Å². The fourth-order valence-corrected chi connectivity index (χ4v) is 1.82. The van der Waals surface area contributed by atoms with E-state index in [0.717, 1.165) is 11.3 Å². The molecule has 2 aromatic rings. The number of hydrogen-bond donors (Lipinski definition) is 3. The Morgan fingerprint density at radius 2 is 2.00 bits per heavy atom. The summed E-state index contributed by atoms with van der Waals surface area (Å²) in [5, 5.41) is 3.27. The van der Waals surface area contributed by atoms with Gasteiger partial charge in [0.25, 0.3) is 5.91 Å². The Morgan fingerprint density at radius 1 is 1.26 bits per heavy atom. The quantitative estimate of drug-likeness (QED) is 0.751. The molecule has 1 atom stereocenters. The number of anilines is 1. The van der Waals surface area contributed by atoms with Crippen LogP contribution in [0.4, 0.5) is 5.69 Å². The lowest BCUT2D eigenvalue weighted by Gasteiger charge is -2.18. The first kappa shape index (κ1) is 13.0. The number of amides is 1. The third kappa shape index (κ3) is 3.29. The van der Waals surface area contributed by atoms with Crippen LogP contribution in [0.3, 0.4) is 0 Å². The summed E-state index contributed by atoms with van der Waals surface area (Å²) in [5.74, 6) is -0.548. The van der Waals surface area contributed by atoms with Gasteiger partial charge in [0.15, 0.2) is 0 Å². The van der Waals surface area contributed by atoms with Crippen molar-refractivity contribution in [3.8, 4) is 0 Å². The second-order valence-electron chi connectivity index (χ2n) is 4.14. The first-order valence-corrected chi connectivity index (χ1v) is 5.98. The van der Waals surface area contributed by atoms with Gasteiger partial charge in [-0.25, -0.2) is 0 Å². The van der Waals surface area contributed by atoms with Crippen molar-refractivity contribution in [1.82, 2.24) is 4.98 Å². The average molecular weight is 256 g/mol. The van der Waals surface area contributed by atoms with E-state index in [0.29, 0.717) is 6.54 Å². The van der Waals surface area contributed by atoms with Gasteiger partial charge in [0, 0.05) is 18.4 Å². The molecule has 0 aliphatic rings. The Labute approximate surface area is 111 Å². The molecule has 1 aromatic heterocycles. The van der Waals surface area contributed by atoms with Gasteiger partial charge in [0.05, 0.1) is 6.04 Å². The van der Waals surface area contributed by atoms with Crippen LogP contribution in [0.25, 0.3) is 0 Å². The molecule has 0 fully saturated rings. The standard InChI is InChI=1S/C14H16N4O/c15-9-13(10-4-2-1-3-5-10)18-11-6-7-17-12(8-11)14(16)19/h1-8,13H,9,15H2,(H2,16,19)(H,17,18). The van der Waals surface area contributed by atoms with Crippen molar-refractivity contribution in [2.24, 2.45) is 11.5 Å². The lowest BCUT2D eigenvalue weighted by molar-refractivity contribution is 0.0995. The van der Waals surface area contributed by atoms with E-state index in [-0.39, 0.29) is 11.7 Å². The van der Waals surface area contributed by atoms with Gasteiger partial charge in [-0.05, 0) is 17.7 Å². The van der Waals surface area contributed by atoms with Crippen LogP contribution < -0.4 is 16.8 Å². The molecule has 1 aromatic carbocycles. The Balaban J connectivity index is 2.19. The summed E-state index contributed by atoms with van der Waals surface area (Å²) in [4.78, 5) is 15.0. The summed E-state index contributed by atoms with van der Waals surface area (Å²) in [5.41, 5.74) is 13.1. The van der Waals surface area contributed by atoms with Gasteiger partial charge in [0.1, 0.15) is 5.69 Å². The molecule has 0 saturated carbocycles. The fourth-order valence-electron chi connectivity index (χ4n) is 1.82. The van der Waals surface area contributed by atoms with E-state index < -0.39 is 5.91 Å². The molecule has 19 heavy (non-hydrogen) atoms. The summed E-state index contributed by atoms with van der Waals surface area (Å²) in [6.07, 6.45) is 1.54. The smallest absolute Gasteiger partial charge is 0.267 e. The number of nitrogens with zero attached hydrogens (tertiary/aromatic N) is 1. The molecule has 1 unspecified atom stereocenters. The highest BCUT2D eigenvalue weighted by atomic mass is 16.1. The Bertz CT molecular complexity index is 556. The second-order valence-corrected chi connectivity index (χ2v) is 4.14. The van der Waals surface area contributed by atoms with E-state index in [9.17, 15) is 4.79 Å². The van der Waals surface area contributed by atoms with Crippen molar-refractivity contribution in [3.05, 3.63) is 59.9 Å². The van der Waals surface area contributed by atoms with Crippen LogP contribution in [-0.4, -0.2) is 17.4 Å². The topological polar surface area (TPSA) is 94.0 Å². The van der Waals surface area contributed by atoms with E-state index in [1.54, 1.807) is 18.3 Å². The first-order chi connectivity index (χ1) is 9.20. The number of carbonyl (C=O) groups excluding carboxylic acids is 1. The molecule has 0 spiro atoms. The van der Waals surface area contributed by atoms with Gasteiger partial charge in [-0.2, -0.15) is 0 Å². The average Bonchev–Trinajstić information content (AvgIpc) is 2.46.